The Morgan fingerprint density at radius 3 is 2.76 bits per heavy atom. The van der Waals surface area contributed by atoms with E-state index in [2.05, 4.69) is 58.1 Å². The molecule has 1 fully saturated rings. The molecule has 0 radical (unpaired) electrons. The molecule has 0 aromatic heterocycles. The predicted octanol–water partition coefficient (Wildman–Crippen LogP) is 3.25. The van der Waals surface area contributed by atoms with Crippen molar-refractivity contribution in [3.63, 3.8) is 0 Å². The van der Waals surface area contributed by atoms with Crippen molar-refractivity contribution in [2.24, 2.45) is 4.99 Å². The van der Waals surface area contributed by atoms with Crippen LogP contribution in [0.4, 0.5) is 0 Å². The van der Waals surface area contributed by atoms with Gasteiger partial charge in [0.05, 0.1) is 0 Å². The van der Waals surface area contributed by atoms with Crippen LogP contribution < -0.4 is 10.6 Å². The molecule has 2 N–H and O–H groups in total. The summed E-state index contributed by atoms with van der Waals surface area (Å²) in [6.07, 6.45) is 2.35. The zero-order chi connectivity index (χ0) is 13.4. The van der Waals surface area contributed by atoms with Crippen LogP contribution in [0.3, 0.4) is 0 Å². The van der Waals surface area contributed by atoms with Crippen molar-refractivity contribution in [2.45, 2.75) is 24.8 Å². The number of nitrogens with one attached hydrogen (secondary N) is 2. The molecule has 0 amide bonds. The van der Waals surface area contributed by atoms with Gasteiger partial charge in [0.2, 0.25) is 0 Å². The SMILES string of the molecule is I.c1ccc2cc([C@@H]3C[C@H]3NC3=NCCCN3)ccc2c1. The Bertz CT molecular complexity index is 668. The maximum atomic E-state index is 4.48. The first-order chi connectivity index (χ1) is 9.90. The van der Waals surface area contributed by atoms with Gasteiger partial charge in [-0.25, -0.2) is 0 Å². The second-order valence-corrected chi connectivity index (χ2v) is 5.71. The Morgan fingerprint density at radius 2 is 1.95 bits per heavy atom. The summed E-state index contributed by atoms with van der Waals surface area (Å²) in [6.45, 7) is 1.99. The summed E-state index contributed by atoms with van der Waals surface area (Å²) in [5, 5.41) is 9.52. The molecule has 0 spiro atoms. The Kier molecular flexibility index (Phi) is 4.33. The number of hydrogen-bond donors (Lipinski definition) is 2. The van der Waals surface area contributed by atoms with Crippen molar-refractivity contribution in [3.05, 3.63) is 48.0 Å². The van der Waals surface area contributed by atoms with E-state index in [9.17, 15) is 0 Å². The van der Waals surface area contributed by atoms with Crippen molar-refractivity contribution < 1.29 is 0 Å². The summed E-state index contributed by atoms with van der Waals surface area (Å²) < 4.78 is 0. The number of guanidine groups is 1. The van der Waals surface area contributed by atoms with Crippen molar-refractivity contribution in [2.75, 3.05) is 13.1 Å². The molecule has 1 aliphatic heterocycles. The summed E-state index contributed by atoms with van der Waals surface area (Å²) in [6, 6.07) is 15.9. The summed E-state index contributed by atoms with van der Waals surface area (Å²) >= 11 is 0. The van der Waals surface area contributed by atoms with Crippen molar-refractivity contribution in [3.8, 4) is 0 Å². The van der Waals surface area contributed by atoms with E-state index in [4.69, 9.17) is 0 Å². The average molecular weight is 393 g/mol. The smallest absolute Gasteiger partial charge is 0.191 e. The lowest BCUT2D eigenvalue weighted by Gasteiger charge is -2.16. The van der Waals surface area contributed by atoms with Crippen LogP contribution in [-0.2, 0) is 0 Å². The molecule has 2 aromatic rings. The van der Waals surface area contributed by atoms with Crippen LogP contribution in [0.1, 0.15) is 24.3 Å². The molecule has 1 aliphatic carbocycles. The third-order valence-electron chi connectivity index (χ3n) is 4.21. The molecule has 2 aromatic carbocycles. The number of nitrogens with zero attached hydrogens (tertiary/aromatic N) is 1. The zero-order valence-corrected chi connectivity index (χ0v) is 14.2. The standard InChI is InChI=1S/C17H19N3.HI/c1-2-5-13-10-14(7-6-12(13)4-1)15-11-16(15)20-17-18-8-3-9-19-17;/h1-2,4-7,10,15-16H,3,8-9,11H2,(H2,18,19,20);1H/t15-,16+;/m0./s1. The van der Waals surface area contributed by atoms with Gasteiger partial charge in [-0.2, -0.15) is 0 Å². The maximum Gasteiger partial charge on any atom is 0.191 e. The van der Waals surface area contributed by atoms with Crippen LogP contribution in [0.2, 0.25) is 0 Å². The first kappa shape index (κ1) is 14.6. The number of aliphatic imine (C=N–C) groups is 1. The van der Waals surface area contributed by atoms with E-state index in [1.165, 1.54) is 22.8 Å². The summed E-state index contributed by atoms with van der Waals surface area (Å²) in [5.41, 5.74) is 1.44. The molecule has 2 atom stereocenters. The van der Waals surface area contributed by atoms with E-state index in [0.717, 1.165) is 25.5 Å². The fourth-order valence-corrected chi connectivity index (χ4v) is 2.97. The Morgan fingerprint density at radius 1 is 1.10 bits per heavy atom. The maximum absolute atomic E-state index is 4.48. The second-order valence-electron chi connectivity index (χ2n) is 5.71. The quantitative estimate of drug-likeness (QED) is 0.769. The Labute approximate surface area is 142 Å². The molecule has 110 valence electrons. The molecule has 4 rings (SSSR count). The van der Waals surface area contributed by atoms with Crippen molar-refractivity contribution in [1.29, 1.82) is 0 Å². The van der Waals surface area contributed by atoms with Crippen molar-refractivity contribution >= 4 is 40.7 Å². The number of hydrogen-bond acceptors (Lipinski definition) is 3. The highest BCUT2D eigenvalue weighted by atomic mass is 127. The number of benzene rings is 2. The van der Waals surface area contributed by atoms with Crippen molar-refractivity contribution in [1.82, 2.24) is 10.6 Å². The molecule has 21 heavy (non-hydrogen) atoms. The first-order valence-electron chi connectivity index (χ1n) is 7.44. The van der Waals surface area contributed by atoms with E-state index in [0.29, 0.717) is 12.0 Å². The third kappa shape index (κ3) is 3.15. The average Bonchev–Trinajstić information content (AvgIpc) is 3.27. The molecule has 1 heterocycles. The van der Waals surface area contributed by atoms with Gasteiger partial charge in [-0.05, 0) is 29.2 Å². The van der Waals surface area contributed by atoms with E-state index in [1.807, 2.05) is 0 Å². The minimum Gasteiger partial charge on any atom is -0.356 e. The van der Waals surface area contributed by atoms with Crippen LogP contribution in [0.25, 0.3) is 10.8 Å². The monoisotopic (exact) mass is 393 g/mol. The number of fused-ring (bicyclic) bond motifs is 1. The molecular weight excluding hydrogens is 373 g/mol. The molecule has 0 bridgehead atoms. The van der Waals surface area contributed by atoms with Crippen LogP contribution in [0, 0.1) is 0 Å². The molecule has 4 heteroatoms. The highest BCUT2D eigenvalue weighted by Crippen LogP contribution is 2.41. The summed E-state index contributed by atoms with van der Waals surface area (Å²) in [7, 11) is 0. The molecule has 2 aliphatic rings. The van der Waals surface area contributed by atoms with Crippen LogP contribution in [0.5, 0.6) is 0 Å². The van der Waals surface area contributed by atoms with Gasteiger partial charge < -0.3 is 10.6 Å². The third-order valence-corrected chi connectivity index (χ3v) is 4.21. The van der Waals surface area contributed by atoms with Gasteiger partial charge in [0.15, 0.2) is 5.96 Å². The zero-order valence-electron chi connectivity index (χ0n) is 11.9. The first-order valence-corrected chi connectivity index (χ1v) is 7.44. The van der Waals surface area contributed by atoms with Crippen LogP contribution >= 0.6 is 24.0 Å². The molecule has 1 saturated carbocycles. The lowest BCUT2D eigenvalue weighted by molar-refractivity contribution is 0.697. The summed E-state index contributed by atoms with van der Waals surface area (Å²) in [4.78, 5) is 4.48. The van der Waals surface area contributed by atoms with Gasteiger partial charge in [0, 0.05) is 25.0 Å². The fraction of sp³-hybridized carbons (Fsp3) is 0.353. The lowest BCUT2D eigenvalue weighted by atomic mass is 10.0. The summed E-state index contributed by atoms with van der Waals surface area (Å²) in [5.74, 6) is 1.62. The van der Waals surface area contributed by atoms with Gasteiger partial charge in [0.25, 0.3) is 0 Å². The van der Waals surface area contributed by atoms with Crippen LogP contribution in [0.15, 0.2) is 47.5 Å². The van der Waals surface area contributed by atoms with Gasteiger partial charge in [-0.15, -0.1) is 24.0 Å². The van der Waals surface area contributed by atoms with Crippen LogP contribution in [-0.4, -0.2) is 25.1 Å². The lowest BCUT2D eigenvalue weighted by Crippen LogP contribution is -2.42. The fourth-order valence-electron chi connectivity index (χ4n) is 2.97. The molecular formula is C17H20IN3. The highest BCUT2D eigenvalue weighted by Gasteiger charge is 2.39. The number of halogens is 1. The predicted molar refractivity (Wildman–Crippen MR) is 98.6 cm³/mol. The van der Waals surface area contributed by atoms with E-state index in [1.54, 1.807) is 0 Å². The van der Waals surface area contributed by atoms with Gasteiger partial charge in [-0.3, -0.25) is 4.99 Å². The number of rotatable bonds is 2. The highest BCUT2D eigenvalue weighted by molar-refractivity contribution is 14.0. The molecule has 0 saturated heterocycles. The second kappa shape index (κ2) is 6.22. The largest absolute Gasteiger partial charge is 0.356 e. The van der Waals surface area contributed by atoms with Gasteiger partial charge in [0.1, 0.15) is 0 Å². The van der Waals surface area contributed by atoms with E-state index < -0.39 is 0 Å². The topological polar surface area (TPSA) is 36.4 Å². The Hall–Kier alpha value is -1.30. The minimum atomic E-state index is 0. The van der Waals surface area contributed by atoms with E-state index in [-0.39, 0.29) is 24.0 Å². The molecule has 3 nitrogen and oxygen atoms in total. The van der Waals surface area contributed by atoms with E-state index >= 15 is 0 Å². The van der Waals surface area contributed by atoms with Gasteiger partial charge in [-0.1, -0.05) is 42.5 Å². The van der Waals surface area contributed by atoms with Gasteiger partial charge >= 0.3 is 0 Å². The molecule has 0 unspecified atom stereocenters. The minimum absolute atomic E-state index is 0. The normalized spacial score (nSPS) is 23.7. The Balaban J connectivity index is 0.00000132.